The van der Waals surface area contributed by atoms with Gasteiger partial charge in [-0.25, -0.2) is 9.67 Å². The summed E-state index contributed by atoms with van der Waals surface area (Å²) in [5.74, 6) is 1.61. The molecule has 1 N–H and O–H groups in total. The van der Waals surface area contributed by atoms with Crippen molar-refractivity contribution in [3.63, 3.8) is 0 Å². The Hall–Kier alpha value is -0.940. The molecule has 0 aliphatic carbocycles. The molecule has 0 aliphatic rings. The normalized spacial score (nSPS) is 14.8. The quantitative estimate of drug-likeness (QED) is 0.745. The zero-order chi connectivity index (χ0) is 14.3. The van der Waals surface area contributed by atoms with Gasteiger partial charge in [0.1, 0.15) is 12.2 Å². The van der Waals surface area contributed by atoms with Crippen LogP contribution < -0.4 is 5.32 Å². The minimum Gasteiger partial charge on any atom is -0.384 e. The molecule has 5 heteroatoms. The van der Waals surface area contributed by atoms with E-state index < -0.39 is 0 Å². The third-order valence-corrected chi connectivity index (χ3v) is 3.20. The van der Waals surface area contributed by atoms with Gasteiger partial charge in [0.2, 0.25) is 0 Å². The van der Waals surface area contributed by atoms with Gasteiger partial charge in [-0.1, -0.05) is 13.8 Å². The maximum Gasteiger partial charge on any atom is 0.138 e. The molecule has 0 saturated heterocycles. The maximum absolute atomic E-state index is 5.22. The Balaban J connectivity index is 2.64. The van der Waals surface area contributed by atoms with Crippen LogP contribution in [-0.4, -0.2) is 41.1 Å². The van der Waals surface area contributed by atoms with Crippen LogP contribution >= 0.6 is 0 Å². The average molecular weight is 268 g/mol. The minimum atomic E-state index is 0.358. The number of hydrogen-bond acceptors (Lipinski definition) is 4. The van der Waals surface area contributed by atoms with E-state index in [1.54, 1.807) is 13.4 Å². The Bertz CT molecular complexity index is 351. The third kappa shape index (κ3) is 5.28. The van der Waals surface area contributed by atoms with E-state index in [0.717, 1.165) is 31.8 Å². The second-order valence-corrected chi connectivity index (χ2v) is 5.47. The van der Waals surface area contributed by atoms with Crippen LogP contribution in [0, 0.1) is 5.92 Å². The SMILES string of the molecule is CCNC(Cc1ncnn1C(C)C)CC(C)COC. The fraction of sp³-hybridized carbons (Fsp3) is 0.857. The van der Waals surface area contributed by atoms with Crippen LogP contribution in [0.15, 0.2) is 6.33 Å². The van der Waals surface area contributed by atoms with Crippen molar-refractivity contribution in [2.24, 2.45) is 5.92 Å². The molecule has 0 amide bonds. The summed E-state index contributed by atoms with van der Waals surface area (Å²) in [6.45, 7) is 10.4. The summed E-state index contributed by atoms with van der Waals surface area (Å²) in [7, 11) is 1.76. The molecule has 1 aromatic rings. The number of hydrogen-bond donors (Lipinski definition) is 1. The van der Waals surface area contributed by atoms with Crippen molar-refractivity contribution in [1.29, 1.82) is 0 Å². The number of aromatic nitrogens is 3. The largest absolute Gasteiger partial charge is 0.384 e. The van der Waals surface area contributed by atoms with Crippen molar-refractivity contribution < 1.29 is 4.74 Å². The van der Waals surface area contributed by atoms with Crippen LogP contribution in [0.4, 0.5) is 0 Å². The first-order valence-electron chi connectivity index (χ1n) is 7.19. The van der Waals surface area contributed by atoms with E-state index in [0.29, 0.717) is 18.0 Å². The Morgan fingerprint density at radius 2 is 2.11 bits per heavy atom. The molecule has 0 spiro atoms. The lowest BCUT2D eigenvalue weighted by Gasteiger charge is -2.22. The van der Waals surface area contributed by atoms with Crippen LogP contribution in [-0.2, 0) is 11.2 Å². The van der Waals surface area contributed by atoms with Gasteiger partial charge in [0.25, 0.3) is 0 Å². The van der Waals surface area contributed by atoms with Crippen LogP contribution in [0.25, 0.3) is 0 Å². The van der Waals surface area contributed by atoms with Crippen LogP contribution in [0.5, 0.6) is 0 Å². The van der Waals surface area contributed by atoms with Gasteiger partial charge >= 0.3 is 0 Å². The summed E-state index contributed by atoms with van der Waals surface area (Å²) in [5, 5.41) is 7.84. The van der Waals surface area contributed by atoms with Gasteiger partial charge in [-0.3, -0.25) is 0 Å². The third-order valence-electron chi connectivity index (χ3n) is 3.20. The predicted octanol–water partition coefficient (Wildman–Crippen LogP) is 2.05. The molecule has 0 fully saturated rings. The number of ether oxygens (including phenoxy) is 1. The van der Waals surface area contributed by atoms with Gasteiger partial charge in [-0.05, 0) is 32.7 Å². The lowest BCUT2D eigenvalue weighted by molar-refractivity contribution is 0.149. The van der Waals surface area contributed by atoms with E-state index >= 15 is 0 Å². The van der Waals surface area contributed by atoms with Crippen molar-refractivity contribution in [2.45, 2.75) is 52.6 Å². The van der Waals surface area contributed by atoms with Gasteiger partial charge in [-0.15, -0.1) is 0 Å². The summed E-state index contributed by atoms with van der Waals surface area (Å²) in [4.78, 5) is 4.39. The summed E-state index contributed by atoms with van der Waals surface area (Å²) in [6, 6.07) is 0.785. The first kappa shape index (κ1) is 16.1. The summed E-state index contributed by atoms with van der Waals surface area (Å²) < 4.78 is 7.22. The average Bonchev–Trinajstić information content (AvgIpc) is 2.77. The fourth-order valence-electron chi connectivity index (χ4n) is 2.44. The zero-order valence-corrected chi connectivity index (χ0v) is 12.9. The smallest absolute Gasteiger partial charge is 0.138 e. The van der Waals surface area contributed by atoms with Gasteiger partial charge in [-0.2, -0.15) is 5.10 Å². The fourth-order valence-corrected chi connectivity index (χ4v) is 2.44. The molecule has 2 unspecified atom stereocenters. The first-order valence-corrected chi connectivity index (χ1v) is 7.19. The molecule has 0 bridgehead atoms. The Kier molecular flexibility index (Phi) is 7.02. The van der Waals surface area contributed by atoms with E-state index in [1.165, 1.54) is 0 Å². The molecule has 0 radical (unpaired) electrons. The lowest BCUT2D eigenvalue weighted by Crippen LogP contribution is -2.34. The van der Waals surface area contributed by atoms with Crippen molar-refractivity contribution >= 4 is 0 Å². The monoisotopic (exact) mass is 268 g/mol. The van der Waals surface area contributed by atoms with Crippen molar-refractivity contribution in [1.82, 2.24) is 20.1 Å². The summed E-state index contributed by atoms with van der Waals surface area (Å²) in [6.07, 6.45) is 3.66. The number of nitrogens with zero attached hydrogens (tertiary/aromatic N) is 3. The highest BCUT2D eigenvalue weighted by atomic mass is 16.5. The van der Waals surface area contributed by atoms with E-state index in [-0.39, 0.29) is 0 Å². The highest BCUT2D eigenvalue weighted by Crippen LogP contribution is 2.13. The molecule has 0 aromatic carbocycles. The van der Waals surface area contributed by atoms with E-state index in [2.05, 4.69) is 43.1 Å². The van der Waals surface area contributed by atoms with Gasteiger partial charge < -0.3 is 10.1 Å². The molecule has 19 heavy (non-hydrogen) atoms. The predicted molar refractivity (Wildman–Crippen MR) is 77.2 cm³/mol. The molecule has 110 valence electrons. The summed E-state index contributed by atoms with van der Waals surface area (Å²) in [5.41, 5.74) is 0. The Morgan fingerprint density at radius 1 is 1.37 bits per heavy atom. The van der Waals surface area contributed by atoms with Gasteiger partial charge in [0.05, 0.1) is 0 Å². The molecule has 0 saturated carbocycles. The Morgan fingerprint density at radius 3 is 2.68 bits per heavy atom. The first-order chi connectivity index (χ1) is 9.08. The second-order valence-electron chi connectivity index (χ2n) is 5.47. The minimum absolute atomic E-state index is 0.358. The van der Waals surface area contributed by atoms with E-state index in [9.17, 15) is 0 Å². The standard InChI is InChI=1S/C14H28N4O/c1-6-15-13(7-12(4)9-19-5)8-14-16-10-17-18(14)11(2)3/h10-13,15H,6-9H2,1-5H3. The van der Waals surface area contributed by atoms with E-state index in [1.807, 2.05) is 4.68 Å². The van der Waals surface area contributed by atoms with Crippen molar-refractivity contribution in [2.75, 3.05) is 20.3 Å². The summed E-state index contributed by atoms with van der Waals surface area (Å²) >= 11 is 0. The van der Waals surface area contributed by atoms with Crippen LogP contribution in [0.2, 0.25) is 0 Å². The molecule has 2 atom stereocenters. The van der Waals surface area contributed by atoms with Crippen molar-refractivity contribution in [3.05, 3.63) is 12.2 Å². The number of methoxy groups -OCH3 is 1. The molecular weight excluding hydrogens is 240 g/mol. The molecule has 1 rings (SSSR count). The van der Waals surface area contributed by atoms with Gasteiger partial charge in [0, 0.05) is 32.2 Å². The molecule has 0 aliphatic heterocycles. The highest BCUT2D eigenvalue weighted by Gasteiger charge is 2.17. The highest BCUT2D eigenvalue weighted by molar-refractivity contribution is 4.91. The molecule has 1 heterocycles. The topological polar surface area (TPSA) is 52.0 Å². The molecule has 1 aromatic heterocycles. The number of nitrogens with one attached hydrogen (secondary N) is 1. The van der Waals surface area contributed by atoms with Crippen LogP contribution in [0.1, 0.15) is 46.0 Å². The molecule has 5 nitrogen and oxygen atoms in total. The van der Waals surface area contributed by atoms with Gasteiger partial charge in [0.15, 0.2) is 0 Å². The number of rotatable bonds is 9. The van der Waals surface area contributed by atoms with E-state index in [4.69, 9.17) is 4.74 Å². The lowest BCUT2D eigenvalue weighted by atomic mass is 9.99. The maximum atomic E-state index is 5.22. The molecular formula is C14H28N4O. The van der Waals surface area contributed by atoms with Crippen LogP contribution in [0.3, 0.4) is 0 Å². The zero-order valence-electron chi connectivity index (χ0n) is 12.9. The Labute approximate surface area is 116 Å². The van der Waals surface area contributed by atoms with Crippen molar-refractivity contribution in [3.8, 4) is 0 Å². The number of likely N-dealkylation sites (N-methyl/N-ethyl adjacent to an activating group) is 1. The second kappa shape index (κ2) is 8.27.